The number of nitro groups is 1. The van der Waals surface area contributed by atoms with Crippen molar-refractivity contribution in [3.63, 3.8) is 0 Å². The maximum Gasteiger partial charge on any atom is 0.321 e. The normalized spacial score (nSPS) is 14.1. The predicted octanol–water partition coefficient (Wildman–Crippen LogP) is 1.25. The third kappa shape index (κ3) is 2.76. The molecule has 92 valence electrons. The molecule has 6 nitrogen and oxygen atoms in total. The Balaban J connectivity index is 3.23. The highest BCUT2D eigenvalue weighted by atomic mass is 19.1. The number of nitrogens with zero attached hydrogens (tertiary/aromatic N) is 1. The largest absolute Gasteiger partial charge is 0.480 e. The van der Waals surface area contributed by atoms with Crippen molar-refractivity contribution in [2.75, 3.05) is 0 Å². The number of aliphatic carboxylic acids is 1. The summed E-state index contributed by atoms with van der Waals surface area (Å²) in [6.07, 6.45) is 0. The van der Waals surface area contributed by atoms with E-state index in [2.05, 4.69) is 0 Å². The van der Waals surface area contributed by atoms with Crippen LogP contribution in [0.2, 0.25) is 0 Å². The van der Waals surface area contributed by atoms with Gasteiger partial charge in [0.05, 0.1) is 4.92 Å². The number of benzene rings is 1. The molecule has 0 spiro atoms. The number of halogens is 1. The molecule has 0 aromatic heterocycles. The average molecular weight is 242 g/mol. The Morgan fingerprint density at radius 1 is 1.59 bits per heavy atom. The average Bonchev–Trinajstić information content (AvgIpc) is 2.26. The number of carboxylic acid groups (broad SMARTS) is 1. The summed E-state index contributed by atoms with van der Waals surface area (Å²) in [6.45, 7) is 1.40. The lowest BCUT2D eigenvalue weighted by atomic mass is 9.92. The van der Waals surface area contributed by atoms with Crippen molar-refractivity contribution in [3.8, 4) is 0 Å². The molecule has 0 radical (unpaired) electrons. The predicted molar refractivity (Wildman–Crippen MR) is 57.1 cm³/mol. The second kappa shape index (κ2) is 4.88. The maximum atomic E-state index is 13.0. The molecule has 2 atom stereocenters. The van der Waals surface area contributed by atoms with E-state index in [1.54, 1.807) is 0 Å². The summed E-state index contributed by atoms with van der Waals surface area (Å²) in [5.74, 6) is -2.82. The smallest absolute Gasteiger partial charge is 0.321 e. The van der Waals surface area contributed by atoms with Crippen LogP contribution in [0.3, 0.4) is 0 Å². The van der Waals surface area contributed by atoms with Crippen LogP contribution in [-0.4, -0.2) is 22.0 Å². The van der Waals surface area contributed by atoms with Crippen molar-refractivity contribution in [2.45, 2.75) is 18.9 Å². The third-order valence-corrected chi connectivity index (χ3v) is 2.50. The lowest BCUT2D eigenvalue weighted by Crippen LogP contribution is -2.35. The molecule has 0 fully saturated rings. The molecule has 1 rings (SSSR count). The molecular formula is C10H11FN2O4. The Morgan fingerprint density at radius 2 is 2.18 bits per heavy atom. The number of hydrogen-bond acceptors (Lipinski definition) is 4. The van der Waals surface area contributed by atoms with E-state index in [0.717, 1.165) is 18.2 Å². The van der Waals surface area contributed by atoms with Crippen molar-refractivity contribution >= 4 is 11.7 Å². The zero-order chi connectivity index (χ0) is 13.2. The van der Waals surface area contributed by atoms with E-state index >= 15 is 0 Å². The first-order valence-electron chi connectivity index (χ1n) is 4.76. The van der Waals surface area contributed by atoms with Gasteiger partial charge in [0.1, 0.15) is 11.9 Å². The molecule has 0 bridgehead atoms. The van der Waals surface area contributed by atoms with Crippen molar-refractivity contribution in [1.82, 2.24) is 0 Å². The SMILES string of the molecule is C[C@@H](c1cc(F)ccc1[N+](=O)[O-])[C@@H](N)C(=O)O. The fraction of sp³-hybridized carbons (Fsp3) is 0.300. The molecule has 0 amide bonds. The van der Waals surface area contributed by atoms with Crippen molar-refractivity contribution in [1.29, 1.82) is 0 Å². The Bertz CT molecular complexity index is 464. The van der Waals surface area contributed by atoms with Gasteiger partial charge in [0.25, 0.3) is 5.69 Å². The van der Waals surface area contributed by atoms with Gasteiger partial charge in [-0.2, -0.15) is 0 Å². The fourth-order valence-electron chi connectivity index (χ4n) is 1.46. The van der Waals surface area contributed by atoms with E-state index in [4.69, 9.17) is 10.8 Å². The zero-order valence-corrected chi connectivity index (χ0v) is 8.96. The van der Waals surface area contributed by atoms with Gasteiger partial charge in [-0.05, 0) is 12.1 Å². The van der Waals surface area contributed by atoms with Crippen LogP contribution in [0, 0.1) is 15.9 Å². The summed E-state index contributed by atoms with van der Waals surface area (Å²) in [7, 11) is 0. The van der Waals surface area contributed by atoms with Crippen LogP contribution in [0.5, 0.6) is 0 Å². The standard InChI is InChI=1S/C10H11FN2O4/c1-5(9(12)10(14)15)7-4-6(11)2-3-8(7)13(16)17/h2-5,9H,12H2,1H3,(H,14,15)/t5-,9+/m0/s1. The van der Waals surface area contributed by atoms with Gasteiger partial charge in [0.15, 0.2) is 0 Å². The second-order valence-corrected chi connectivity index (χ2v) is 3.61. The van der Waals surface area contributed by atoms with E-state index in [1.807, 2.05) is 0 Å². The van der Waals surface area contributed by atoms with Gasteiger partial charge >= 0.3 is 5.97 Å². The molecule has 0 aliphatic carbocycles. The van der Waals surface area contributed by atoms with E-state index in [1.165, 1.54) is 6.92 Å². The first-order valence-corrected chi connectivity index (χ1v) is 4.76. The molecule has 17 heavy (non-hydrogen) atoms. The first-order chi connectivity index (χ1) is 7.84. The number of carboxylic acids is 1. The van der Waals surface area contributed by atoms with Crippen LogP contribution < -0.4 is 5.73 Å². The van der Waals surface area contributed by atoms with Gasteiger partial charge < -0.3 is 10.8 Å². The minimum atomic E-state index is -1.32. The summed E-state index contributed by atoms with van der Waals surface area (Å²) in [6, 6.07) is 1.55. The summed E-state index contributed by atoms with van der Waals surface area (Å²) < 4.78 is 13.0. The molecule has 0 aliphatic rings. The first kappa shape index (κ1) is 13.0. The highest BCUT2D eigenvalue weighted by Crippen LogP contribution is 2.28. The van der Waals surface area contributed by atoms with Crippen molar-refractivity contribution in [2.24, 2.45) is 5.73 Å². The maximum absolute atomic E-state index is 13.0. The molecule has 7 heteroatoms. The van der Waals surface area contributed by atoms with Crippen LogP contribution in [0.25, 0.3) is 0 Å². The van der Waals surface area contributed by atoms with Gasteiger partial charge in [-0.1, -0.05) is 6.92 Å². The van der Waals surface area contributed by atoms with Crippen LogP contribution in [0.1, 0.15) is 18.4 Å². The van der Waals surface area contributed by atoms with Crippen LogP contribution in [0.15, 0.2) is 18.2 Å². The lowest BCUT2D eigenvalue weighted by Gasteiger charge is -2.16. The highest BCUT2D eigenvalue weighted by Gasteiger charge is 2.28. The highest BCUT2D eigenvalue weighted by molar-refractivity contribution is 5.75. The Labute approximate surface area is 96.0 Å². The van der Waals surface area contributed by atoms with Gasteiger partial charge in [-0.25, -0.2) is 4.39 Å². The summed E-state index contributed by atoms with van der Waals surface area (Å²) in [4.78, 5) is 20.7. The van der Waals surface area contributed by atoms with E-state index < -0.39 is 28.7 Å². The fourth-order valence-corrected chi connectivity index (χ4v) is 1.46. The van der Waals surface area contributed by atoms with Gasteiger partial charge in [0.2, 0.25) is 0 Å². The number of nitrogens with two attached hydrogens (primary N) is 1. The molecule has 1 aromatic rings. The number of rotatable bonds is 4. The Morgan fingerprint density at radius 3 is 2.65 bits per heavy atom. The van der Waals surface area contributed by atoms with Crippen LogP contribution >= 0.6 is 0 Å². The van der Waals surface area contributed by atoms with Gasteiger partial charge in [-0.15, -0.1) is 0 Å². The van der Waals surface area contributed by atoms with Crippen molar-refractivity contribution in [3.05, 3.63) is 39.7 Å². The van der Waals surface area contributed by atoms with Crippen LogP contribution in [-0.2, 0) is 4.79 Å². The quantitative estimate of drug-likeness (QED) is 0.610. The summed E-state index contributed by atoms with van der Waals surface area (Å²) in [5, 5.41) is 19.4. The molecule has 3 N–H and O–H groups in total. The topological polar surface area (TPSA) is 106 Å². The van der Waals surface area contributed by atoms with Crippen LogP contribution in [0.4, 0.5) is 10.1 Å². The molecule has 1 aromatic carbocycles. The second-order valence-electron chi connectivity index (χ2n) is 3.61. The number of hydrogen-bond donors (Lipinski definition) is 2. The van der Waals surface area contributed by atoms with Gasteiger partial charge in [0, 0.05) is 17.5 Å². The zero-order valence-electron chi connectivity index (χ0n) is 8.96. The van der Waals surface area contributed by atoms with E-state index in [9.17, 15) is 19.3 Å². The van der Waals surface area contributed by atoms with Crippen molar-refractivity contribution < 1.29 is 19.2 Å². The minimum absolute atomic E-state index is 0.0232. The molecular weight excluding hydrogens is 231 g/mol. The summed E-state index contributed by atoms with van der Waals surface area (Å²) in [5.41, 5.74) is 5.01. The summed E-state index contributed by atoms with van der Waals surface area (Å²) >= 11 is 0. The minimum Gasteiger partial charge on any atom is -0.480 e. The number of nitro benzene ring substituents is 1. The van der Waals surface area contributed by atoms with Gasteiger partial charge in [-0.3, -0.25) is 14.9 Å². The molecule has 0 aliphatic heterocycles. The third-order valence-electron chi connectivity index (χ3n) is 2.50. The monoisotopic (exact) mass is 242 g/mol. The molecule has 0 saturated carbocycles. The molecule has 0 unspecified atom stereocenters. The van der Waals surface area contributed by atoms with E-state index in [0.29, 0.717) is 0 Å². The Kier molecular flexibility index (Phi) is 3.74. The number of carbonyl (C=O) groups is 1. The van der Waals surface area contributed by atoms with E-state index in [-0.39, 0.29) is 11.3 Å². The molecule has 0 heterocycles. The Hall–Kier alpha value is -2.02. The lowest BCUT2D eigenvalue weighted by molar-refractivity contribution is -0.385. The molecule has 0 saturated heterocycles.